The maximum Gasteiger partial charge on any atom is 0.346 e. The molecule has 1 fully saturated rings. The molecular formula is C24H26O3. The molecule has 0 spiro atoms. The van der Waals surface area contributed by atoms with Crippen molar-refractivity contribution >= 4 is 12.0 Å². The number of rotatable bonds is 6. The van der Waals surface area contributed by atoms with Crippen LogP contribution in [-0.4, -0.2) is 22.8 Å². The van der Waals surface area contributed by atoms with Crippen molar-refractivity contribution in [2.45, 2.75) is 43.3 Å². The van der Waals surface area contributed by atoms with Gasteiger partial charge in [-0.25, -0.2) is 4.79 Å². The number of esters is 1. The highest BCUT2D eigenvalue weighted by atomic mass is 16.6. The van der Waals surface area contributed by atoms with Crippen LogP contribution in [0.15, 0.2) is 79.4 Å². The van der Waals surface area contributed by atoms with Gasteiger partial charge in [-0.3, -0.25) is 0 Å². The summed E-state index contributed by atoms with van der Waals surface area (Å²) in [5.41, 5.74) is 0.233. The van der Waals surface area contributed by atoms with E-state index in [9.17, 15) is 9.90 Å². The van der Waals surface area contributed by atoms with Crippen molar-refractivity contribution in [2.24, 2.45) is 0 Å². The third-order valence-corrected chi connectivity index (χ3v) is 5.16. The summed E-state index contributed by atoms with van der Waals surface area (Å²) in [5, 5.41) is 10.8. The van der Waals surface area contributed by atoms with Gasteiger partial charge in [0, 0.05) is 5.92 Å². The van der Waals surface area contributed by atoms with Gasteiger partial charge in [0.15, 0.2) is 5.60 Å². The van der Waals surface area contributed by atoms with Gasteiger partial charge in [-0.1, -0.05) is 79.7 Å². The number of carbonyl (C=O) groups excluding carboxylic acids is 1. The third-order valence-electron chi connectivity index (χ3n) is 5.16. The van der Waals surface area contributed by atoms with E-state index in [-0.39, 0.29) is 12.0 Å². The van der Waals surface area contributed by atoms with Crippen molar-refractivity contribution in [3.63, 3.8) is 0 Å². The van der Waals surface area contributed by atoms with Crippen molar-refractivity contribution < 1.29 is 14.6 Å². The average molecular weight is 362 g/mol. The lowest BCUT2D eigenvalue weighted by Gasteiger charge is -2.33. The number of ether oxygens (including phenoxy) is 1. The predicted molar refractivity (Wildman–Crippen MR) is 108 cm³/mol. The van der Waals surface area contributed by atoms with Gasteiger partial charge in [-0.15, -0.1) is 0 Å². The fourth-order valence-electron chi connectivity index (χ4n) is 3.56. The van der Waals surface area contributed by atoms with Gasteiger partial charge in [0.25, 0.3) is 0 Å². The molecule has 0 aliphatic heterocycles. The number of hydrogen-bond donors (Lipinski definition) is 1. The van der Waals surface area contributed by atoms with Gasteiger partial charge < -0.3 is 9.84 Å². The second-order valence-electron chi connectivity index (χ2n) is 7.02. The molecule has 1 aliphatic rings. The summed E-state index contributed by atoms with van der Waals surface area (Å²) in [6.45, 7) is 3.63. The van der Waals surface area contributed by atoms with Crippen LogP contribution in [0.1, 0.15) is 42.7 Å². The van der Waals surface area contributed by atoms with Crippen LogP contribution in [0.2, 0.25) is 0 Å². The molecule has 1 N–H and O–H groups in total. The van der Waals surface area contributed by atoms with E-state index in [1.165, 1.54) is 17.7 Å². The largest absolute Gasteiger partial charge is 0.459 e. The molecule has 0 bridgehead atoms. The maximum absolute atomic E-state index is 12.8. The summed E-state index contributed by atoms with van der Waals surface area (Å²) in [5.74, 6) is -0.506. The summed E-state index contributed by atoms with van der Waals surface area (Å²) < 4.78 is 5.79. The van der Waals surface area contributed by atoms with Gasteiger partial charge in [-0.05, 0) is 42.5 Å². The van der Waals surface area contributed by atoms with Crippen LogP contribution in [0.5, 0.6) is 0 Å². The lowest BCUT2D eigenvalue weighted by atomic mass is 9.81. The first-order valence-corrected chi connectivity index (χ1v) is 9.49. The first-order chi connectivity index (χ1) is 13.1. The molecule has 140 valence electrons. The van der Waals surface area contributed by atoms with Gasteiger partial charge in [0.2, 0.25) is 0 Å². The van der Waals surface area contributed by atoms with E-state index in [1.54, 1.807) is 6.08 Å². The lowest BCUT2D eigenvalue weighted by Crippen LogP contribution is -2.40. The predicted octanol–water partition coefficient (Wildman–Crippen LogP) is 4.89. The molecule has 3 nitrogen and oxygen atoms in total. The van der Waals surface area contributed by atoms with Crippen molar-refractivity contribution in [1.82, 2.24) is 0 Å². The molecule has 1 aliphatic carbocycles. The van der Waals surface area contributed by atoms with Crippen molar-refractivity contribution in [3.8, 4) is 0 Å². The molecule has 0 amide bonds. The molecule has 3 atom stereocenters. The van der Waals surface area contributed by atoms with E-state index in [1.807, 2.05) is 48.5 Å². The van der Waals surface area contributed by atoms with Crippen LogP contribution in [0.25, 0.3) is 6.08 Å². The van der Waals surface area contributed by atoms with Crippen LogP contribution >= 0.6 is 0 Å². The molecule has 3 rings (SSSR count). The SMILES string of the molecule is C=C[C@@](O)(/C=C/c1ccccc1)C(=O)O[C@@H]1CCCC[C@H]1c1ccccc1. The van der Waals surface area contributed by atoms with Gasteiger partial charge in [0.05, 0.1) is 0 Å². The lowest BCUT2D eigenvalue weighted by molar-refractivity contribution is -0.164. The van der Waals surface area contributed by atoms with Gasteiger partial charge >= 0.3 is 5.97 Å². The van der Waals surface area contributed by atoms with Crippen molar-refractivity contribution in [2.75, 3.05) is 0 Å². The van der Waals surface area contributed by atoms with Crippen LogP contribution in [0.3, 0.4) is 0 Å². The van der Waals surface area contributed by atoms with E-state index >= 15 is 0 Å². The minimum absolute atomic E-state index is 0.163. The summed E-state index contributed by atoms with van der Waals surface area (Å²) in [4.78, 5) is 12.8. The van der Waals surface area contributed by atoms with Crippen LogP contribution in [-0.2, 0) is 9.53 Å². The Morgan fingerprint density at radius 3 is 2.33 bits per heavy atom. The van der Waals surface area contributed by atoms with E-state index < -0.39 is 11.6 Å². The molecule has 2 aromatic rings. The fraction of sp³-hybridized carbons (Fsp3) is 0.292. The van der Waals surface area contributed by atoms with E-state index in [4.69, 9.17) is 4.74 Å². The highest BCUT2D eigenvalue weighted by Gasteiger charge is 2.37. The second-order valence-corrected chi connectivity index (χ2v) is 7.02. The minimum Gasteiger partial charge on any atom is -0.459 e. The number of hydrogen-bond acceptors (Lipinski definition) is 3. The molecule has 3 heteroatoms. The second kappa shape index (κ2) is 8.83. The van der Waals surface area contributed by atoms with Crippen LogP contribution < -0.4 is 0 Å². The molecule has 0 aromatic heterocycles. The molecule has 0 radical (unpaired) electrons. The highest BCUT2D eigenvalue weighted by Crippen LogP contribution is 2.35. The maximum atomic E-state index is 12.8. The Hall–Kier alpha value is -2.65. The smallest absolute Gasteiger partial charge is 0.346 e. The molecule has 0 heterocycles. The Labute approximate surface area is 161 Å². The third kappa shape index (κ3) is 4.75. The topological polar surface area (TPSA) is 46.5 Å². The number of benzene rings is 2. The Morgan fingerprint density at radius 2 is 1.67 bits per heavy atom. The van der Waals surface area contributed by atoms with E-state index in [0.717, 1.165) is 31.2 Å². The fourth-order valence-corrected chi connectivity index (χ4v) is 3.56. The Kier molecular flexibility index (Phi) is 6.25. The van der Waals surface area contributed by atoms with Gasteiger partial charge in [0.1, 0.15) is 6.10 Å². The molecule has 1 saturated carbocycles. The number of aliphatic hydroxyl groups is 1. The van der Waals surface area contributed by atoms with Crippen LogP contribution in [0.4, 0.5) is 0 Å². The summed E-state index contributed by atoms with van der Waals surface area (Å²) in [7, 11) is 0. The first-order valence-electron chi connectivity index (χ1n) is 9.49. The summed E-state index contributed by atoms with van der Waals surface area (Å²) >= 11 is 0. The molecule has 27 heavy (non-hydrogen) atoms. The monoisotopic (exact) mass is 362 g/mol. The Balaban J connectivity index is 1.74. The van der Waals surface area contributed by atoms with E-state index in [0.29, 0.717) is 0 Å². The average Bonchev–Trinajstić information content (AvgIpc) is 2.73. The molecule has 2 aromatic carbocycles. The molecular weight excluding hydrogens is 336 g/mol. The molecule has 0 saturated heterocycles. The Morgan fingerprint density at radius 1 is 1.04 bits per heavy atom. The Bertz CT molecular complexity index is 782. The standard InChI is InChI=1S/C24H26O3/c1-2-24(26,18-17-19-11-5-3-6-12-19)23(25)27-22-16-10-9-15-21(22)20-13-7-4-8-14-20/h2-8,11-14,17-18,21-22,26H,1,9-10,15-16H2/b18-17+/t21-,22+,24+/m0/s1. The van der Waals surface area contributed by atoms with Crippen molar-refractivity contribution in [3.05, 3.63) is 90.5 Å². The van der Waals surface area contributed by atoms with Crippen LogP contribution in [0, 0.1) is 0 Å². The quantitative estimate of drug-likeness (QED) is 0.588. The number of carbonyl (C=O) groups is 1. The van der Waals surface area contributed by atoms with E-state index in [2.05, 4.69) is 18.7 Å². The minimum atomic E-state index is -1.84. The molecule has 0 unspecified atom stereocenters. The zero-order valence-electron chi connectivity index (χ0n) is 15.5. The summed E-state index contributed by atoms with van der Waals surface area (Å²) in [6, 6.07) is 19.7. The first kappa shape index (κ1) is 19.1. The zero-order valence-corrected chi connectivity index (χ0v) is 15.5. The van der Waals surface area contributed by atoms with Gasteiger partial charge in [-0.2, -0.15) is 0 Å². The normalized spacial score (nSPS) is 22.1. The highest BCUT2D eigenvalue weighted by molar-refractivity contribution is 5.85. The summed E-state index contributed by atoms with van der Waals surface area (Å²) in [6.07, 6.45) is 8.08. The zero-order chi connectivity index (χ0) is 19.1. The van der Waals surface area contributed by atoms with Crippen molar-refractivity contribution in [1.29, 1.82) is 0 Å².